The molecule has 0 aliphatic heterocycles. The Morgan fingerprint density at radius 1 is 0.750 bits per heavy atom. The van der Waals surface area contributed by atoms with Gasteiger partial charge in [-0.05, 0) is 37.8 Å². The van der Waals surface area contributed by atoms with Crippen LogP contribution in [-0.2, 0) is 6.42 Å². The average Bonchev–Trinajstić information content (AvgIpc) is 3.04. The van der Waals surface area contributed by atoms with Crippen LogP contribution in [0.3, 0.4) is 0 Å². The zero-order valence-electron chi connectivity index (χ0n) is 24.2. The van der Waals surface area contributed by atoms with E-state index in [0.717, 1.165) is 24.0 Å². The lowest BCUT2D eigenvalue weighted by Crippen LogP contribution is -2.51. The Morgan fingerprint density at radius 2 is 1.31 bits per heavy atom. The second-order valence-corrected chi connectivity index (χ2v) is 11.6. The number of anilines is 2. The van der Waals surface area contributed by atoms with Crippen molar-refractivity contribution in [1.82, 2.24) is 0 Å². The molecule has 0 amide bonds. The Morgan fingerprint density at radius 3 is 1.86 bits per heavy atom. The molecule has 180 valence electrons. The van der Waals surface area contributed by atoms with Crippen LogP contribution in [0.25, 0.3) is 0 Å². The highest BCUT2D eigenvalue weighted by molar-refractivity contribution is 6.61. The zero-order chi connectivity index (χ0) is 26.9. The summed E-state index contributed by atoms with van der Waals surface area (Å²) in [7, 11) is 18.2. The van der Waals surface area contributed by atoms with Crippen LogP contribution >= 0.6 is 23.2 Å². The molecule has 0 saturated carbocycles. The Hall–Kier alpha value is -1.18. The number of nitrogens with zero attached hydrogens (tertiary/aromatic N) is 1. The Labute approximate surface area is 236 Å². The molecule has 1 aliphatic carbocycles. The van der Waals surface area contributed by atoms with Crippen LogP contribution in [0.1, 0.15) is 51.5 Å². The van der Waals surface area contributed by atoms with Crippen LogP contribution in [0.4, 0.5) is 11.4 Å². The summed E-state index contributed by atoms with van der Waals surface area (Å²) >= 11 is 13.7. The maximum Gasteiger partial charge on any atom is 0.141 e. The summed E-state index contributed by atoms with van der Waals surface area (Å²) in [5.74, 6) is 0. The molecule has 0 radical (unpaired) electrons. The topological polar surface area (TPSA) is 3.24 Å². The van der Waals surface area contributed by atoms with E-state index in [-0.39, 0.29) is 6.04 Å². The molecular weight excluding hydrogens is 472 g/mol. The number of benzene rings is 2. The van der Waals surface area contributed by atoms with Crippen molar-refractivity contribution in [1.29, 1.82) is 0 Å². The number of rotatable bonds is 9. The second-order valence-electron chi connectivity index (χ2n) is 10.9. The normalized spacial score (nSPS) is 15.7. The summed E-state index contributed by atoms with van der Waals surface area (Å²) < 4.78 is 0. The van der Waals surface area contributed by atoms with Gasteiger partial charge in [-0.1, -0.05) is 105 Å². The van der Waals surface area contributed by atoms with Crippen molar-refractivity contribution < 1.29 is 0 Å². The average molecular weight is 509 g/mol. The molecule has 1 atom stereocenters. The minimum absolute atomic E-state index is 0.130. The molecule has 0 spiro atoms. The fraction of sp³-hybridized carbons (Fsp3) is 0.360. The van der Waals surface area contributed by atoms with Gasteiger partial charge in [0.1, 0.15) is 62.8 Å². The predicted molar refractivity (Wildman–Crippen MR) is 188 cm³/mol. The van der Waals surface area contributed by atoms with Crippen molar-refractivity contribution in [3.05, 3.63) is 49.7 Å². The molecule has 1 aliphatic rings. The van der Waals surface area contributed by atoms with E-state index in [2.05, 4.69) is 87.6 Å². The fourth-order valence-corrected chi connectivity index (χ4v) is 6.55. The Balaban J connectivity index is 2.38. The van der Waals surface area contributed by atoms with E-state index in [1.54, 1.807) is 0 Å². The molecule has 11 heteroatoms. The van der Waals surface area contributed by atoms with Crippen LogP contribution in [0.15, 0.2) is 34.1 Å². The minimum atomic E-state index is 0.130. The Bertz CT molecular complexity index is 1210. The third-order valence-electron chi connectivity index (χ3n) is 8.55. The standard InChI is InChI=1S/C25H37B8Cl2N/c1-3-5-7-12-16(27)21(32)25(22(33)17(12)28)36(15-10-11(26)9-14(34)23(15)35)24-19(30)13(8-6-4-2)18(29)20(24)31/h9-10,24H,3-8,26-33H2,1-2H3. The predicted octanol–water partition coefficient (Wildman–Crippen LogP) is -3.30. The molecule has 0 fully saturated rings. The van der Waals surface area contributed by atoms with E-state index in [1.165, 1.54) is 80.8 Å². The van der Waals surface area contributed by atoms with Crippen LogP contribution in [-0.4, -0.2) is 68.8 Å². The summed E-state index contributed by atoms with van der Waals surface area (Å²) in [6.07, 6.45) is 7.10. The minimum Gasteiger partial charge on any atom is -0.332 e. The van der Waals surface area contributed by atoms with Crippen LogP contribution in [0.2, 0.25) is 10.0 Å². The van der Waals surface area contributed by atoms with Gasteiger partial charge >= 0.3 is 0 Å². The first kappa shape index (κ1) is 29.4. The van der Waals surface area contributed by atoms with Crippen molar-refractivity contribution in [2.24, 2.45) is 0 Å². The van der Waals surface area contributed by atoms with Crippen molar-refractivity contribution in [2.75, 3.05) is 4.90 Å². The van der Waals surface area contributed by atoms with Gasteiger partial charge in [-0.25, -0.2) is 0 Å². The van der Waals surface area contributed by atoms with Gasteiger partial charge in [-0.3, -0.25) is 0 Å². The van der Waals surface area contributed by atoms with E-state index in [4.69, 9.17) is 23.2 Å². The van der Waals surface area contributed by atoms with Crippen molar-refractivity contribution in [3.8, 4) is 0 Å². The molecule has 0 N–H and O–H groups in total. The van der Waals surface area contributed by atoms with Gasteiger partial charge in [-0.15, -0.1) is 0 Å². The van der Waals surface area contributed by atoms with E-state index < -0.39 is 0 Å². The second kappa shape index (κ2) is 12.1. The third-order valence-corrected chi connectivity index (χ3v) is 9.35. The SMILES string of the molecule is BC1=C(B)C(N(c2cc(B)cc(Cl)c2Cl)c2c(B)c(B)c(CCCC)c(B)c2B)C(B)=C1CCCC. The van der Waals surface area contributed by atoms with Crippen LogP contribution < -0.4 is 32.2 Å². The van der Waals surface area contributed by atoms with Gasteiger partial charge < -0.3 is 4.90 Å². The molecule has 1 unspecified atom stereocenters. The van der Waals surface area contributed by atoms with Gasteiger partial charge in [0.05, 0.1) is 21.8 Å². The van der Waals surface area contributed by atoms with Crippen LogP contribution in [0.5, 0.6) is 0 Å². The number of halogens is 2. The molecule has 0 aromatic heterocycles. The van der Waals surface area contributed by atoms with E-state index in [1.807, 2.05) is 6.07 Å². The third kappa shape index (κ3) is 5.35. The zero-order valence-corrected chi connectivity index (χ0v) is 25.7. The molecular formula is C25H37B8Cl2N. The highest BCUT2D eigenvalue weighted by Gasteiger charge is 2.34. The monoisotopic (exact) mass is 509 g/mol. The lowest BCUT2D eigenvalue weighted by atomic mass is 9.64. The van der Waals surface area contributed by atoms with Gasteiger partial charge in [0.15, 0.2) is 0 Å². The highest BCUT2D eigenvalue weighted by Crippen LogP contribution is 2.42. The summed E-state index contributed by atoms with van der Waals surface area (Å²) in [5, 5.41) is 1.25. The largest absolute Gasteiger partial charge is 0.332 e. The quantitative estimate of drug-likeness (QED) is 0.321. The van der Waals surface area contributed by atoms with Crippen molar-refractivity contribution >= 4 is 125 Å². The smallest absolute Gasteiger partial charge is 0.141 e. The summed E-state index contributed by atoms with van der Waals surface area (Å²) in [6, 6.07) is 4.31. The Kier molecular flexibility index (Phi) is 9.89. The molecule has 36 heavy (non-hydrogen) atoms. The van der Waals surface area contributed by atoms with Gasteiger partial charge in [0.2, 0.25) is 0 Å². The van der Waals surface area contributed by atoms with Crippen molar-refractivity contribution in [2.45, 2.75) is 58.4 Å². The molecule has 0 heterocycles. The maximum atomic E-state index is 7.02. The molecule has 1 nitrogen and oxygen atoms in total. The van der Waals surface area contributed by atoms with Crippen LogP contribution in [0, 0.1) is 0 Å². The first-order valence-electron chi connectivity index (χ1n) is 13.7. The summed E-state index contributed by atoms with van der Waals surface area (Å²) in [5.41, 5.74) is 16.2. The van der Waals surface area contributed by atoms with E-state index >= 15 is 0 Å². The molecule has 3 rings (SSSR count). The highest BCUT2D eigenvalue weighted by atomic mass is 35.5. The molecule has 0 saturated heterocycles. The number of hydrogen-bond acceptors (Lipinski definition) is 1. The molecule has 0 bridgehead atoms. The van der Waals surface area contributed by atoms with E-state index in [9.17, 15) is 0 Å². The number of hydrogen-bond donors (Lipinski definition) is 0. The maximum absolute atomic E-state index is 7.02. The fourth-order valence-electron chi connectivity index (χ4n) is 6.08. The lowest BCUT2D eigenvalue weighted by Gasteiger charge is -2.39. The van der Waals surface area contributed by atoms with Gasteiger partial charge in [0, 0.05) is 5.69 Å². The summed E-state index contributed by atoms with van der Waals surface area (Å²) in [4.78, 5) is 2.52. The first-order chi connectivity index (χ1) is 17.0. The number of unbranched alkanes of at least 4 members (excludes halogenated alkanes) is 2. The van der Waals surface area contributed by atoms with E-state index in [0.29, 0.717) is 10.0 Å². The molecule has 2 aromatic rings. The first-order valence-corrected chi connectivity index (χ1v) is 14.4. The van der Waals surface area contributed by atoms with Gasteiger partial charge in [-0.2, -0.15) is 0 Å². The summed E-state index contributed by atoms with van der Waals surface area (Å²) in [6.45, 7) is 4.54. The molecule has 2 aromatic carbocycles. The van der Waals surface area contributed by atoms with Gasteiger partial charge in [0.25, 0.3) is 0 Å². The van der Waals surface area contributed by atoms with Crippen molar-refractivity contribution in [3.63, 3.8) is 0 Å². The number of allylic oxidation sites excluding steroid dienone is 2. The lowest BCUT2D eigenvalue weighted by molar-refractivity contribution is 0.793.